The second-order valence-corrected chi connectivity index (χ2v) is 7.99. The number of hydrogen-bond acceptors (Lipinski definition) is 3. The molecule has 5 heteroatoms. The van der Waals surface area contributed by atoms with Crippen LogP contribution in [0.4, 0.5) is 5.69 Å². The number of Topliss-reactive ketones (excluding diaryl/α,β-unsaturated/α-hetero) is 1. The standard InChI is InChI=1S/C25H22ClNO3/c1-2-17-8-10-19(11-9-17)23(28)15-25(30)21-14-20(26)12-13-22(21)27(24(25)29)16-18-6-4-3-5-7-18/h3-14,30H,2,15-16H2,1H3/t25-/m1/s1. The van der Waals surface area contributed by atoms with E-state index in [1.807, 2.05) is 49.4 Å². The monoisotopic (exact) mass is 419 g/mol. The molecule has 0 saturated heterocycles. The number of aryl methyl sites for hydroxylation is 1. The number of fused-ring (bicyclic) bond motifs is 1. The van der Waals surface area contributed by atoms with Crippen LogP contribution in [-0.4, -0.2) is 16.8 Å². The van der Waals surface area contributed by atoms with Crippen LogP contribution in [0.15, 0.2) is 72.8 Å². The number of carbonyl (C=O) groups is 2. The smallest absolute Gasteiger partial charge is 0.264 e. The Labute approximate surface area is 180 Å². The van der Waals surface area contributed by atoms with Crippen LogP contribution < -0.4 is 4.90 Å². The lowest BCUT2D eigenvalue weighted by atomic mass is 9.88. The molecule has 1 N–H and O–H groups in total. The number of nitrogens with zero attached hydrogens (tertiary/aromatic N) is 1. The summed E-state index contributed by atoms with van der Waals surface area (Å²) in [6, 6.07) is 21.8. The highest BCUT2D eigenvalue weighted by Gasteiger charge is 2.51. The maximum atomic E-state index is 13.3. The van der Waals surface area contributed by atoms with Gasteiger partial charge in [0.1, 0.15) is 0 Å². The van der Waals surface area contributed by atoms with Gasteiger partial charge in [-0.05, 0) is 35.7 Å². The van der Waals surface area contributed by atoms with Crippen molar-refractivity contribution in [2.45, 2.75) is 31.9 Å². The van der Waals surface area contributed by atoms with Crippen LogP contribution in [0.2, 0.25) is 5.02 Å². The summed E-state index contributed by atoms with van der Waals surface area (Å²) in [7, 11) is 0. The second kappa shape index (κ2) is 8.05. The van der Waals surface area contributed by atoms with Crippen LogP contribution in [0, 0.1) is 0 Å². The van der Waals surface area contributed by atoms with E-state index in [2.05, 4.69) is 0 Å². The molecule has 4 nitrogen and oxygen atoms in total. The number of hydrogen-bond donors (Lipinski definition) is 1. The normalized spacial score (nSPS) is 17.8. The van der Waals surface area contributed by atoms with Crippen molar-refractivity contribution < 1.29 is 14.7 Å². The summed E-state index contributed by atoms with van der Waals surface area (Å²) in [6.45, 7) is 2.34. The fourth-order valence-electron chi connectivity index (χ4n) is 3.88. The average molecular weight is 420 g/mol. The molecule has 1 atom stereocenters. The van der Waals surface area contributed by atoms with Gasteiger partial charge < -0.3 is 10.0 Å². The third-order valence-electron chi connectivity index (χ3n) is 5.58. The van der Waals surface area contributed by atoms with Gasteiger partial charge >= 0.3 is 0 Å². The highest BCUT2D eigenvalue weighted by atomic mass is 35.5. The largest absolute Gasteiger partial charge is 0.375 e. The number of ketones is 1. The van der Waals surface area contributed by atoms with Gasteiger partial charge in [0.15, 0.2) is 11.4 Å². The summed E-state index contributed by atoms with van der Waals surface area (Å²) in [5, 5.41) is 11.9. The summed E-state index contributed by atoms with van der Waals surface area (Å²) in [6.07, 6.45) is 0.535. The molecule has 1 aliphatic heterocycles. The summed E-state index contributed by atoms with van der Waals surface area (Å²) < 4.78 is 0. The second-order valence-electron chi connectivity index (χ2n) is 7.55. The van der Waals surface area contributed by atoms with E-state index in [9.17, 15) is 14.7 Å². The number of anilines is 1. The van der Waals surface area contributed by atoms with Crippen LogP contribution in [0.5, 0.6) is 0 Å². The number of benzene rings is 3. The molecular formula is C25H22ClNO3. The first-order chi connectivity index (χ1) is 14.4. The fraction of sp³-hybridized carbons (Fsp3) is 0.200. The van der Waals surface area contributed by atoms with Crippen LogP contribution in [0.3, 0.4) is 0 Å². The van der Waals surface area contributed by atoms with Gasteiger partial charge in [-0.2, -0.15) is 0 Å². The number of aliphatic hydroxyl groups is 1. The molecule has 3 aromatic carbocycles. The van der Waals surface area contributed by atoms with Crippen LogP contribution >= 0.6 is 11.6 Å². The van der Waals surface area contributed by atoms with Gasteiger partial charge in [0.2, 0.25) is 0 Å². The predicted molar refractivity (Wildman–Crippen MR) is 118 cm³/mol. The molecule has 0 radical (unpaired) electrons. The summed E-state index contributed by atoms with van der Waals surface area (Å²) in [4.78, 5) is 27.8. The zero-order valence-corrected chi connectivity index (χ0v) is 17.4. The molecule has 4 rings (SSSR count). The van der Waals surface area contributed by atoms with Gasteiger partial charge in [-0.3, -0.25) is 9.59 Å². The van der Waals surface area contributed by atoms with E-state index in [0.29, 0.717) is 28.4 Å². The molecule has 152 valence electrons. The zero-order valence-electron chi connectivity index (χ0n) is 16.6. The Morgan fingerprint density at radius 2 is 1.70 bits per heavy atom. The third-order valence-corrected chi connectivity index (χ3v) is 5.81. The molecule has 1 heterocycles. The minimum Gasteiger partial charge on any atom is -0.375 e. The van der Waals surface area contributed by atoms with Gasteiger partial charge in [0, 0.05) is 16.1 Å². The molecule has 0 bridgehead atoms. The SMILES string of the molecule is CCc1ccc(C(=O)C[C@]2(O)C(=O)N(Cc3ccccc3)c3ccc(Cl)cc32)cc1. The lowest BCUT2D eigenvalue weighted by Gasteiger charge is -2.23. The van der Waals surface area contributed by atoms with Crippen molar-refractivity contribution in [1.82, 2.24) is 0 Å². The Morgan fingerprint density at radius 1 is 1.00 bits per heavy atom. The van der Waals surface area contributed by atoms with E-state index in [1.54, 1.807) is 30.3 Å². The maximum Gasteiger partial charge on any atom is 0.264 e. The Morgan fingerprint density at radius 3 is 2.37 bits per heavy atom. The van der Waals surface area contributed by atoms with E-state index >= 15 is 0 Å². The quantitative estimate of drug-likeness (QED) is 0.577. The Hall–Kier alpha value is -2.95. The summed E-state index contributed by atoms with van der Waals surface area (Å²) in [5.74, 6) is -0.803. The van der Waals surface area contributed by atoms with E-state index < -0.39 is 11.5 Å². The number of carbonyl (C=O) groups excluding carboxylic acids is 2. The molecule has 0 spiro atoms. The molecular weight excluding hydrogens is 398 g/mol. The van der Waals surface area contributed by atoms with E-state index in [-0.39, 0.29) is 12.2 Å². The molecule has 0 unspecified atom stereocenters. The lowest BCUT2D eigenvalue weighted by molar-refractivity contribution is -0.136. The minimum absolute atomic E-state index is 0.291. The first-order valence-electron chi connectivity index (χ1n) is 9.93. The highest BCUT2D eigenvalue weighted by molar-refractivity contribution is 6.31. The molecule has 30 heavy (non-hydrogen) atoms. The van der Waals surface area contributed by atoms with Gasteiger partial charge in [0.05, 0.1) is 18.7 Å². The molecule has 0 aliphatic carbocycles. The minimum atomic E-state index is -1.95. The molecule has 3 aromatic rings. The van der Waals surface area contributed by atoms with Gasteiger partial charge in [-0.15, -0.1) is 0 Å². The van der Waals surface area contributed by atoms with Crippen molar-refractivity contribution in [3.8, 4) is 0 Å². The third kappa shape index (κ3) is 3.64. The molecule has 1 amide bonds. The van der Waals surface area contributed by atoms with Crippen LogP contribution in [-0.2, 0) is 23.4 Å². The van der Waals surface area contributed by atoms with E-state index in [4.69, 9.17) is 11.6 Å². The first kappa shape index (κ1) is 20.3. The Kier molecular flexibility index (Phi) is 5.46. The first-order valence-corrected chi connectivity index (χ1v) is 10.3. The van der Waals surface area contributed by atoms with Gasteiger partial charge in [0.25, 0.3) is 5.91 Å². The molecule has 0 saturated carbocycles. The lowest BCUT2D eigenvalue weighted by Crippen LogP contribution is -2.41. The molecule has 0 aromatic heterocycles. The number of amides is 1. The topological polar surface area (TPSA) is 57.6 Å². The predicted octanol–water partition coefficient (Wildman–Crippen LogP) is 4.91. The zero-order chi connectivity index (χ0) is 21.3. The van der Waals surface area contributed by atoms with Crippen molar-refractivity contribution >= 4 is 29.0 Å². The number of halogens is 1. The van der Waals surface area contributed by atoms with Crippen LogP contribution in [0.25, 0.3) is 0 Å². The van der Waals surface area contributed by atoms with Crippen LogP contribution in [0.1, 0.15) is 40.4 Å². The van der Waals surface area contributed by atoms with Crippen molar-refractivity contribution in [2.75, 3.05) is 4.90 Å². The maximum absolute atomic E-state index is 13.3. The highest BCUT2D eigenvalue weighted by Crippen LogP contribution is 2.44. The average Bonchev–Trinajstić information content (AvgIpc) is 2.96. The van der Waals surface area contributed by atoms with Crippen molar-refractivity contribution in [2.24, 2.45) is 0 Å². The summed E-state index contributed by atoms with van der Waals surface area (Å²) >= 11 is 6.17. The van der Waals surface area contributed by atoms with Crippen molar-refractivity contribution in [3.05, 3.63) is 100 Å². The van der Waals surface area contributed by atoms with Gasteiger partial charge in [-0.25, -0.2) is 0 Å². The number of rotatable bonds is 6. The Bertz CT molecular complexity index is 1100. The molecule has 0 fully saturated rings. The Balaban J connectivity index is 1.68. The van der Waals surface area contributed by atoms with Gasteiger partial charge in [-0.1, -0.05) is 73.1 Å². The fourth-order valence-corrected chi connectivity index (χ4v) is 4.05. The van der Waals surface area contributed by atoms with Crippen molar-refractivity contribution in [3.63, 3.8) is 0 Å². The molecule has 1 aliphatic rings. The van der Waals surface area contributed by atoms with E-state index in [0.717, 1.165) is 17.5 Å². The summed E-state index contributed by atoms with van der Waals surface area (Å²) in [5.41, 5.74) is 1.51. The van der Waals surface area contributed by atoms with Crippen molar-refractivity contribution in [1.29, 1.82) is 0 Å². The van der Waals surface area contributed by atoms with E-state index in [1.165, 1.54) is 4.90 Å².